The molecule has 5 nitrogen and oxygen atoms in total. The van der Waals surface area contributed by atoms with Gasteiger partial charge in [-0.25, -0.2) is 0 Å². The number of carbonyl (C=O) groups is 1. The predicted molar refractivity (Wildman–Crippen MR) is 72.4 cm³/mol. The van der Waals surface area contributed by atoms with Crippen LogP contribution in [0.1, 0.15) is 77.0 Å². The second kappa shape index (κ2) is 11.2. The fourth-order valence-electron chi connectivity index (χ4n) is 2.05. The molecule has 0 aliphatic heterocycles. The number of aliphatic hydroxyl groups is 3. The van der Waals surface area contributed by atoms with Crippen LogP contribution in [0.4, 0.5) is 0 Å². The fourth-order valence-corrected chi connectivity index (χ4v) is 2.05. The van der Waals surface area contributed by atoms with Crippen molar-refractivity contribution in [3.8, 4) is 0 Å². The Morgan fingerprint density at radius 2 is 1.05 bits per heavy atom. The summed E-state index contributed by atoms with van der Waals surface area (Å²) in [6.45, 7) is 0. The molecule has 0 radical (unpaired) electrons. The van der Waals surface area contributed by atoms with E-state index in [1.165, 1.54) is 12.8 Å². The van der Waals surface area contributed by atoms with E-state index in [0.29, 0.717) is 6.42 Å². The van der Waals surface area contributed by atoms with Gasteiger partial charge in [-0.1, -0.05) is 51.4 Å². The smallest absolute Gasteiger partial charge is 0.303 e. The van der Waals surface area contributed by atoms with Gasteiger partial charge in [-0.05, 0) is 12.8 Å². The van der Waals surface area contributed by atoms with E-state index in [0.717, 1.165) is 44.9 Å². The number of aliphatic carboxylic acids is 1. The van der Waals surface area contributed by atoms with Gasteiger partial charge in [-0.3, -0.25) is 4.79 Å². The van der Waals surface area contributed by atoms with Gasteiger partial charge in [0.25, 0.3) is 5.97 Å². The summed E-state index contributed by atoms with van der Waals surface area (Å²) >= 11 is 0. The summed E-state index contributed by atoms with van der Waals surface area (Å²) in [6.07, 6.45) is 10.4. The zero-order chi connectivity index (χ0) is 14.6. The Kier molecular flexibility index (Phi) is 10.8. The Morgan fingerprint density at radius 3 is 1.42 bits per heavy atom. The summed E-state index contributed by atoms with van der Waals surface area (Å²) in [6, 6.07) is 0. The lowest BCUT2D eigenvalue weighted by Gasteiger charge is -2.12. The molecular formula is C14H28O5. The molecule has 0 unspecified atom stereocenters. The van der Waals surface area contributed by atoms with Crippen LogP contribution in [0.5, 0.6) is 0 Å². The first-order chi connectivity index (χ1) is 8.92. The summed E-state index contributed by atoms with van der Waals surface area (Å²) in [4.78, 5) is 10.3. The van der Waals surface area contributed by atoms with E-state index in [9.17, 15) is 4.79 Å². The SMILES string of the molecule is O=C(O)CCCCCCCCCCCCC(O)(O)O. The number of hydrogen-bond acceptors (Lipinski definition) is 4. The molecule has 0 aromatic rings. The molecule has 5 heteroatoms. The zero-order valence-corrected chi connectivity index (χ0v) is 11.7. The quantitative estimate of drug-likeness (QED) is 0.306. The van der Waals surface area contributed by atoms with E-state index in [4.69, 9.17) is 20.4 Å². The lowest BCUT2D eigenvalue weighted by molar-refractivity contribution is -0.315. The molecule has 0 saturated heterocycles. The third kappa shape index (κ3) is 17.4. The maximum absolute atomic E-state index is 10.3. The van der Waals surface area contributed by atoms with E-state index < -0.39 is 11.9 Å². The normalized spacial score (nSPS) is 11.7. The second-order valence-corrected chi connectivity index (χ2v) is 5.20. The topological polar surface area (TPSA) is 98.0 Å². The van der Waals surface area contributed by atoms with Crippen LogP contribution in [0.15, 0.2) is 0 Å². The van der Waals surface area contributed by atoms with E-state index in [1.54, 1.807) is 0 Å². The molecule has 114 valence electrons. The number of carboxylic acids is 1. The number of hydrogen-bond donors (Lipinski definition) is 4. The first-order valence-electron chi connectivity index (χ1n) is 7.31. The van der Waals surface area contributed by atoms with Gasteiger partial charge < -0.3 is 20.4 Å². The highest BCUT2D eigenvalue weighted by atomic mass is 16.7. The molecule has 0 saturated carbocycles. The Balaban J connectivity index is 3.05. The van der Waals surface area contributed by atoms with Crippen LogP contribution in [0.3, 0.4) is 0 Å². The first-order valence-corrected chi connectivity index (χ1v) is 7.31. The molecule has 0 aromatic carbocycles. The molecule has 0 atom stereocenters. The third-order valence-corrected chi connectivity index (χ3v) is 3.15. The molecule has 0 amide bonds. The van der Waals surface area contributed by atoms with E-state index in [1.807, 2.05) is 0 Å². The fraction of sp³-hybridized carbons (Fsp3) is 0.929. The standard InChI is InChI=1S/C14H28O5/c15-13(16)11-9-7-5-3-1-2-4-6-8-10-12-14(17,18)19/h17-19H,1-12H2,(H,15,16). The van der Waals surface area contributed by atoms with Crippen LogP contribution in [-0.4, -0.2) is 32.4 Å². The number of rotatable bonds is 13. The van der Waals surface area contributed by atoms with Crippen molar-refractivity contribution in [3.05, 3.63) is 0 Å². The lowest BCUT2D eigenvalue weighted by Crippen LogP contribution is -2.26. The minimum atomic E-state index is -2.50. The van der Waals surface area contributed by atoms with Crippen molar-refractivity contribution < 1.29 is 25.2 Å². The summed E-state index contributed by atoms with van der Waals surface area (Å²) in [5, 5.41) is 34.5. The highest BCUT2D eigenvalue weighted by Crippen LogP contribution is 2.13. The highest BCUT2D eigenvalue weighted by Gasteiger charge is 2.16. The van der Waals surface area contributed by atoms with Crippen molar-refractivity contribution in [2.45, 2.75) is 83.0 Å². The zero-order valence-electron chi connectivity index (χ0n) is 11.7. The highest BCUT2D eigenvalue weighted by molar-refractivity contribution is 5.66. The van der Waals surface area contributed by atoms with Crippen molar-refractivity contribution in [1.82, 2.24) is 0 Å². The van der Waals surface area contributed by atoms with Gasteiger partial charge in [-0.2, -0.15) is 0 Å². The molecule has 0 rings (SSSR count). The Hall–Kier alpha value is -0.650. The molecule has 0 aliphatic carbocycles. The van der Waals surface area contributed by atoms with Crippen LogP contribution in [0.25, 0.3) is 0 Å². The molecule has 0 bridgehead atoms. The summed E-state index contributed by atoms with van der Waals surface area (Å²) in [7, 11) is 0. The molecule has 0 fully saturated rings. The lowest BCUT2D eigenvalue weighted by atomic mass is 10.0. The largest absolute Gasteiger partial charge is 0.481 e. The van der Waals surface area contributed by atoms with Crippen molar-refractivity contribution in [1.29, 1.82) is 0 Å². The van der Waals surface area contributed by atoms with Gasteiger partial charge in [0.2, 0.25) is 0 Å². The maximum atomic E-state index is 10.3. The molecule has 0 aromatic heterocycles. The first kappa shape index (κ1) is 18.4. The van der Waals surface area contributed by atoms with Gasteiger partial charge >= 0.3 is 5.97 Å². The van der Waals surface area contributed by atoms with Crippen LogP contribution in [0.2, 0.25) is 0 Å². The maximum Gasteiger partial charge on any atom is 0.303 e. The summed E-state index contributed by atoms with van der Waals surface area (Å²) in [5.41, 5.74) is 0. The van der Waals surface area contributed by atoms with Crippen molar-refractivity contribution >= 4 is 5.97 Å². The number of carboxylic acid groups (broad SMARTS) is 1. The summed E-state index contributed by atoms with van der Waals surface area (Å²) < 4.78 is 0. The monoisotopic (exact) mass is 276 g/mol. The second-order valence-electron chi connectivity index (χ2n) is 5.20. The Labute approximate surface area is 115 Å². The van der Waals surface area contributed by atoms with Crippen molar-refractivity contribution in [2.75, 3.05) is 0 Å². The van der Waals surface area contributed by atoms with Gasteiger partial charge in [0.1, 0.15) is 0 Å². The molecular weight excluding hydrogens is 248 g/mol. The van der Waals surface area contributed by atoms with Gasteiger partial charge in [0.15, 0.2) is 0 Å². The Bertz CT molecular complexity index is 222. The number of unbranched alkanes of at least 4 members (excludes halogenated alkanes) is 9. The summed E-state index contributed by atoms with van der Waals surface area (Å²) in [5.74, 6) is -3.21. The van der Waals surface area contributed by atoms with Crippen molar-refractivity contribution in [3.63, 3.8) is 0 Å². The average Bonchev–Trinajstić information content (AvgIpc) is 2.28. The van der Waals surface area contributed by atoms with Crippen molar-refractivity contribution in [2.24, 2.45) is 0 Å². The predicted octanol–water partition coefficient (Wildman–Crippen LogP) is 2.38. The van der Waals surface area contributed by atoms with Gasteiger partial charge in [-0.15, -0.1) is 0 Å². The molecule has 0 spiro atoms. The molecule has 19 heavy (non-hydrogen) atoms. The average molecular weight is 276 g/mol. The van der Waals surface area contributed by atoms with Crippen LogP contribution in [-0.2, 0) is 4.79 Å². The minimum absolute atomic E-state index is 0.0105. The van der Waals surface area contributed by atoms with Crippen LogP contribution < -0.4 is 0 Å². The Morgan fingerprint density at radius 1 is 0.684 bits per heavy atom. The van der Waals surface area contributed by atoms with Crippen LogP contribution >= 0.6 is 0 Å². The van der Waals surface area contributed by atoms with Gasteiger partial charge in [0.05, 0.1) is 0 Å². The molecule has 0 heterocycles. The van der Waals surface area contributed by atoms with Crippen LogP contribution in [0, 0.1) is 0 Å². The molecule has 4 N–H and O–H groups in total. The third-order valence-electron chi connectivity index (χ3n) is 3.15. The van der Waals surface area contributed by atoms with E-state index in [-0.39, 0.29) is 12.8 Å². The van der Waals surface area contributed by atoms with Gasteiger partial charge in [0, 0.05) is 12.8 Å². The van der Waals surface area contributed by atoms with E-state index >= 15 is 0 Å². The molecule has 0 aliphatic rings. The van der Waals surface area contributed by atoms with E-state index in [2.05, 4.69) is 0 Å². The minimum Gasteiger partial charge on any atom is -0.481 e.